The second-order valence-corrected chi connectivity index (χ2v) is 6.61. The van der Waals surface area contributed by atoms with Gasteiger partial charge in [0.1, 0.15) is 17.5 Å². The zero-order valence-corrected chi connectivity index (χ0v) is 13.4. The summed E-state index contributed by atoms with van der Waals surface area (Å²) in [6, 6.07) is 14.6. The van der Waals surface area contributed by atoms with Crippen LogP contribution in [-0.2, 0) is 0 Å². The number of fused-ring (bicyclic) bond motifs is 1. The number of H-pyrrole nitrogens is 1. The van der Waals surface area contributed by atoms with Crippen molar-refractivity contribution >= 4 is 5.91 Å². The largest absolute Gasteiger partial charge is 0.490 e. The molecule has 1 aliphatic heterocycles. The number of ether oxygens (including phenoxy) is 1. The molecule has 1 saturated heterocycles. The maximum absolute atomic E-state index is 12.6. The molecule has 1 aromatic carbocycles. The van der Waals surface area contributed by atoms with E-state index in [1.54, 1.807) is 12.1 Å². The van der Waals surface area contributed by atoms with Gasteiger partial charge in [0.15, 0.2) is 0 Å². The Morgan fingerprint density at radius 3 is 2.67 bits per heavy atom. The van der Waals surface area contributed by atoms with Crippen molar-refractivity contribution in [1.29, 1.82) is 0 Å². The Hall–Kier alpha value is -2.56. The van der Waals surface area contributed by atoms with Gasteiger partial charge in [0.25, 0.3) is 5.91 Å². The predicted molar refractivity (Wildman–Crippen MR) is 90.0 cm³/mol. The lowest BCUT2D eigenvalue weighted by Crippen LogP contribution is -2.33. The average Bonchev–Trinajstić information content (AvgIpc) is 3.17. The normalized spacial score (nSPS) is 25.5. The highest BCUT2D eigenvalue weighted by molar-refractivity contribution is 5.92. The summed E-state index contributed by atoms with van der Waals surface area (Å²) in [5, 5.41) is 0. The molecule has 2 fully saturated rings. The summed E-state index contributed by atoms with van der Waals surface area (Å²) in [4.78, 5) is 28.5. The number of benzene rings is 1. The van der Waals surface area contributed by atoms with Gasteiger partial charge in [-0.2, -0.15) is 0 Å². The van der Waals surface area contributed by atoms with Gasteiger partial charge in [-0.25, -0.2) is 0 Å². The summed E-state index contributed by atoms with van der Waals surface area (Å²) in [6.07, 6.45) is 2.27. The molecule has 2 heterocycles. The molecule has 24 heavy (non-hydrogen) atoms. The van der Waals surface area contributed by atoms with Crippen LogP contribution in [0.5, 0.6) is 5.75 Å². The maximum atomic E-state index is 12.6. The molecular formula is C19H20N2O3. The highest BCUT2D eigenvalue weighted by Gasteiger charge is 2.45. The van der Waals surface area contributed by atoms with Gasteiger partial charge in [0.05, 0.1) is 0 Å². The predicted octanol–water partition coefficient (Wildman–Crippen LogP) is 2.30. The second kappa shape index (κ2) is 6.15. The summed E-state index contributed by atoms with van der Waals surface area (Å²) < 4.78 is 6.15. The summed E-state index contributed by atoms with van der Waals surface area (Å²) in [5.41, 5.74) is 0.119. The third kappa shape index (κ3) is 2.82. The van der Waals surface area contributed by atoms with Crippen molar-refractivity contribution in [2.45, 2.75) is 18.9 Å². The fraction of sp³-hybridized carbons (Fsp3) is 0.368. The molecule has 5 heteroatoms. The molecule has 3 atom stereocenters. The van der Waals surface area contributed by atoms with Crippen LogP contribution < -0.4 is 10.3 Å². The molecule has 1 N–H and O–H groups in total. The van der Waals surface area contributed by atoms with E-state index in [1.807, 2.05) is 35.2 Å². The van der Waals surface area contributed by atoms with Crippen molar-refractivity contribution in [3.8, 4) is 5.75 Å². The molecular weight excluding hydrogens is 304 g/mol. The van der Waals surface area contributed by atoms with Crippen molar-refractivity contribution in [3.63, 3.8) is 0 Å². The fourth-order valence-corrected chi connectivity index (χ4v) is 3.94. The van der Waals surface area contributed by atoms with Crippen LogP contribution >= 0.6 is 0 Å². The Kier molecular flexibility index (Phi) is 3.84. The number of pyridine rings is 1. The summed E-state index contributed by atoms with van der Waals surface area (Å²) in [7, 11) is 0. The number of rotatable bonds is 3. The Morgan fingerprint density at radius 1 is 1.04 bits per heavy atom. The number of hydrogen-bond donors (Lipinski definition) is 1. The Bertz CT molecular complexity index is 786. The molecule has 0 spiro atoms. The van der Waals surface area contributed by atoms with Crippen LogP contribution in [0.3, 0.4) is 0 Å². The van der Waals surface area contributed by atoms with Crippen molar-refractivity contribution in [3.05, 3.63) is 64.6 Å². The highest BCUT2D eigenvalue weighted by atomic mass is 16.5. The number of hydrogen-bond acceptors (Lipinski definition) is 3. The molecule has 1 amide bonds. The molecule has 0 radical (unpaired) electrons. The number of amides is 1. The number of carbonyl (C=O) groups excluding carboxylic acids is 1. The van der Waals surface area contributed by atoms with E-state index >= 15 is 0 Å². The second-order valence-electron chi connectivity index (χ2n) is 6.61. The number of nitrogens with one attached hydrogen (secondary N) is 1. The molecule has 2 aromatic rings. The molecule has 124 valence electrons. The third-order valence-electron chi connectivity index (χ3n) is 5.11. The Labute approximate surface area is 140 Å². The molecule has 1 aliphatic carbocycles. The van der Waals surface area contributed by atoms with E-state index in [1.165, 1.54) is 6.07 Å². The van der Waals surface area contributed by atoms with E-state index in [0.29, 0.717) is 24.1 Å². The van der Waals surface area contributed by atoms with Crippen molar-refractivity contribution in [2.24, 2.45) is 11.8 Å². The Balaban J connectivity index is 1.46. The lowest BCUT2D eigenvalue weighted by atomic mass is 9.99. The van der Waals surface area contributed by atoms with Gasteiger partial charge >= 0.3 is 0 Å². The van der Waals surface area contributed by atoms with Gasteiger partial charge in [-0.1, -0.05) is 24.3 Å². The van der Waals surface area contributed by atoms with Crippen LogP contribution in [0.15, 0.2) is 53.3 Å². The van der Waals surface area contributed by atoms with E-state index in [-0.39, 0.29) is 17.6 Å². The smallest absolute Gasteiger partial charge is 0.270 e. The first-order valence-corrected chi connectivity index (χ1v) is 8.41. The van der Waals surface area contributed by atoms with Crippen LogP contribution in [0, 0.1) is 11.8 Å². The molecule has 1 aromatic heterocycles. The number of aromatic amines is 1. The number of likely N-dealkylation sites (tertiary alicyclic amines) is 1. The van der Waals surface area contributed by atoms with E-state index in [2.05, 4.69) is 4.98 Å². The minimum atomic E-state index is -0.245. The molecule has 4 rings (SSSR count). The molecule has 5 nitrogen and oxygen atoms in total. The highest BCUT2D eigenvalue weighted by Crippen LogP contribution is 2.40. The molecule has 1 saturated carbocycles. The standard InChI is InChI=1S/C19H20N2O3/c22-18-8-4-7-16(20-18)19(23)21-11-13-9-10-17(15(13)12-21)24-14-5-2-1-3-6-14/h1-8,13,15,17H,9-12H2,(H,20,22)/t13-,15+,17-/m0/s1. The van der Waals surface area contributed by atoms with E-state index in [9.17, 15) is 9.59 Å². The number of carbonyl (C=O) groups is 1. The van der Waals surface area contributed by atoms with E-state index < -0.39 is 0 Å². The lowest BCUT2D eigenvalue weighted by Gasteiger charge is -2.22. The summed E-state index contributed by atoms with van der Waals surface area (Å²) in [6.45, 7) is 1.44. The maximum Gasteiger partial charge on any atom is 0.270 e. The third-order valence-corrected chi connectivity index (χ3v) is 5.11. The first-order valence-electron chi connectivity index (χ1n) is 8.41. The minimum absolute atomic E-state index is 0.0967. The van der Waals surface area contributed by atoms with Gasteiger partial charge < -0.3 is 14.6 Å². The van der Waals surface area contributed by atoms with Crippen molar-refractivity contribution in [1.82, 2.24) is 9.88 Å². The van der Waals surface area contributed by atoms with Gasteiger partial charge in [0, 0.05) is 25.1 Å². The first kappa shape index (κ1) is 15.0. The van der Waals surface area contributed by atoms with Crippen LogP contribution in [0.25, 0.3) is 0 Å². The quantitative estimate of drug-likeness (QED) is 0.942. The van der Waals surface area contributed by atoms with Crippen LogP contribution in [0.2, 0.25) is 0 Å². The van der Waals surface area contributed by atoms with Crippen LogP contribution in [-0.4, -0.2) is 35.0 Å². The molecule has 2 aliphatic rings. The summed E-state index contributed by atoms with van der Waals surface area (Å²) in [5.74, 6) is 1.64. The monoisotopic (exact) mass is 324 g/mol. The number of nitrogens with zero attached hydrogens (tertiary/aromatic N) is 1. The molecule has 0 unspecified atom stereocenters. The topological polar surface area (TPSA) is 62.4 Å². The van der Waals surface area contributed by atoms with Crippen molar-refractivity contribution < 1.29 is 9.53 Å². The Morgan fingerprint density at radius 2 is 1.88 bits per heavy atom. The average molecular weight is 324 g/mol. The zero-order valence-electron chi connectivity index (χ0n) is 13.4. The van der Waals surface area contributed by atoms with Crippen LogP contribution in [0.4, 0.5) is 0 Å². The van der Waals surface area contributed by atoms with E-state index in [0.717, 1.165) is 25.1 Å². The van der Waals surface area contributed by atoms with Crippen molar-refractivity contribution in [2.75, 3.05) is 13.1 Å². The number of aromatic nitrogens is 1. The van der Waals surface area contributed by atoms with E-state index in [4.69, 9.17) is 4.74 Å². The first-order chi connectivity index (χ1) is 11.7. The SMILES string of the molecule is O=C(c1cccc(=O)[nH]1)N1C[C@@H]2CC[C@H](Oc3ccccc3)[C@@H]2C1. The van der Waals surface area contributed by atoms with Gasteiger partial charge in [-0.3, -0.25) is 9.59 Å². The fourth-order valence-electron chi connectivity index (χ4n) is 3.94. The minimum Gasteiger partial charge on any atom is -0.490 e. The zero-order chi connectivity index (χ0) is 16.5. The lowest BCUT2D eigenvalue weighted by molar-refractivity contribution is 0.0756. The number of para-hydroxylation sites is 1. The van der Waals surface area contributed by atoms with Crippen LogP contribution in [0.1, 0.15) is 23.3 Å². The van der Waals surface area contributed by atoms with Gasteiger partial charge in [-0.05, 0) is 37.0 Å². The van der Waals surface area contributed by atoms with Gasteiger partial charge in [0.2, 0.25) is 5.56 Å². The summed E-state index contributed by atoms with van der Waals surface area (Å²) >= 11 is 0. The van der Waals surface area contributed by atoms with Gasteiger partial charge in [-0.15, -0.1) is 0 Å². The molecule has 0 bridgehead atoms.